The van der Waals surface area contributed by atoms with E-state index in [0.29, 0.717) is 5.92 Å². The molecule has 38 heavy (non-hydrogen) atoms. The summed E-state index contributed by atoms with van der Waals surface area (Å²) in [5.41, 5.74) is 10.2. The molecule has 2 aliphatic heterocycles. The third kappa shape index (κ3) is 4.11. The molecule has 184 valence electrons. The molecule has 0 saturated carbocycles. The minimum absolute atomic E-state index is 0.216. The van der Waals surface area contributed by atoms with Crippen LogP contribution in [0, 0.1) is 5.92 Å². The predicted molar refractivity (Wildman–Crippen MR) is 161 cm³/mol. The van der Waals surface area contributed by atoms with Gasteiger partial charge < -0.3 is 10.2 Å². The molecular weight excluding hydrogens is 530 g/mol. The molecule has 1 N–H and O–H groups in total. The number of hydrogen-bond donors (Lipinski definition) is 1. The van der Waals surface area contributed by atoms with Crippen LogP contribution in [0.4, 0.5) is 5.69 Å². The second kappa shape index (κ2) is 9.62. The van der Waals surface area contributed by atoms with Gasteiger partial charge in [-0.2, -0.15) is 0 Å². The molecule has 3 aromatic carbocycles. The van der Waals surface area contributed by atoms with Crippen LogP contribution in [-0.2, 0) is 0 Å². The first-order valence-corrected chi connectivity index (χ1v) is 13.8. The van der Waals surface area contributed by atoms with Gasteiger partial charge in [0, 0.05) is 39.5 Å². The van der Waals surface area contributed by atoms with Crippen LogP contribution in [0.25, 0.3) is 33.6 Å². The van der Waals surface area contributed by atoms with Crippen LogP contribution in [0.5, 0.6) is 0 Å². The number of dihydropyridines is 1. The number of rotatable bonds is 4. The molecule has 0 amide bonds. The molecule has 0 radical (unpaired) electrons. The summed E-state index contributed by atoms with van der Waals surface area (Å²) < 4.78 is 1.12. The van der Waals surface area contributed by atoms with E-state index in [-0.39, 0.29) is 6.04 Å². The van der Waals surface area contributed by atoms with E-state index in [4.69, 9.17) is 4.98 Å². The van der Waals surface area contributed by atoms with Crippen LogP contribution in [0.3, 0.4) is 0 Å². The Morgan fingerprint density at radius 3 is 2.24 bits per heavy atom. The van der Waals surface area contributed by atoms with Crippen molar-refractivity contribution >= 4 is 21.6 Å². The molecule has 2 atom stereocenters. The van der Waals surface area contributed by atoms with Crippen molar-refractivity contribution in [3.63, 3.8) is 0 Å². The van der Waals surface area contributed by atoms with E-state index >= 15 is 0 Å². The van der Waals surface area contributed by atoms with Crippen LogP contribution in [0.2, 0.25) is 0 Å². The Kier molecular flexibility index (Phi) is 5.82. The molecule has 0 spiro atoms. The second-order valence-electron chi connectivity index (χ2n) is 9.79. The summed E-state index contributed by atoms with van der Waals surface area (Å²) in [6, 6.07) is 34.4. The normalized spacial score (nSPS) is 19.6. The summed E-state index contributed by atoms with van der Waals surface area (Å²) in [5.74, 6) is 0.309. The van der Waals surface area contributed by atoms with Crippen molar-refractivity contribution in [3.8, 4) is 33.6 Å². The number of pyridine rings is 1. The number of halogens is 1. The zero-order valence-electron chi connectivity index (χ0n) is 20.8. The fourth-order valence-electron chi connectivity index (χ4n) is 5.67. The van der Waals surface area contributed by atoms with Gasteiger partial charge in [-0.25, -0.2) is 4.98 Å². The van der Waals surface area contributed by atoms with Gasteiger partial charge in [-0.3, -0.25) is 0 Å². The Hall–Kier alpha value is -4.15. The van der Waals surface area contributed by atoms with E-state index in [1.54, 1.807) is 0 Å². The van der Waals surface area contributed by atoms with E-state index in [9.17, 15) is 0 Å². The van der Waals surface area contributed by atoms with Gasteiger partial charge in [0.2, 0.25) is 0 Å². The summed E-state index contributed by atoms with van der Waals surface area (Å²) in [4.78, 5) is 7.61. The molecule has 4 aromatic rings. The lowest BCUT2D eigenvalue weighted by Crippen LogP contribution is -2.33. The molecule has 2 unspecified atom stereocenters. The minimum Gasteiger partial charge on any atom is -0.383 e. The van der Waals surface area contributed by atoms with Gasteiger partial charge in [-0.1, -0.05) is 107 Å². The average Bonchev–Trinajstić information content (AvgIpc) is 3.31. The van der Waals surface area contributed by atoms with Crippen LogP contribution in [-0.4, -0.2) is 17.6 Å². The molecule has 4 heteroatoms. The maximum Gasteiger partial charge on any atom is 0.0716 e. The quantitative estimate of drug-likeness (QED) is 0.275. The van der Waals surface area contributed by atoms with Gasteiger partial charge in [0.15, 0.2) is 0 Å². The zero-order chi connectivity index (χ0) is 25.5. The van der Waals surface area contributed by atoms with Crippen molar-refractivity contribution in [2.75, 3.05) is 11.4 Å². The first-order chi connectivity index (χ1) is 18.7. The molecule has 0 saturated heterocycles. The Morgan fingerprint density at radius 1 is 0.737 bits per heavy atom. The van der Waals surface area contributed by atoms with Crippen molar-refractivity contribution in [1.82, 2.24) is 10.3 Å². The van der Waals surface area contributed by atoms with Gasteiger partial charge >= 0.3 is 0 Å². The minimum atomic E-state index is 0.216. The van der Waals surface area contributed by atoms with Gasteiger partial charge in [0.1, 0.15) is 0 Å². The Bertz CT molecular complexity index is 1580. The molecule has 0 bridgehead atoms. The Balaban J connectivity index is 1.35. The number of fused-ring (bicyclic) bond motifs is 2. The van der Waals surface area contributed by atoms with E-state index in [2.05, 4.69) is 148 Å². The third-order valence-corrected chi connectivity index (χ3v) is 7.96. The average molecular weight is 557 g/mol. The smallest absolute Gasteiger partial charge is 0.0716 e. The lowest BCUT2D eigenvalue weighted by molar-refractivity contribution is 0.640. The number of benzene rings is 3. The van der Waals surface area contributed by atoms with Crippen molar-refractivity contribution in [1.29, 1.82) is 0 Å². The number of hydrogen-bond acceptors (Lipinski definition) is 3. The van der Waals surface area contributed by atoms with Crippen molar-refractivity contribution in [2.45, 2.75) is 6.04 Å². The highest BCUT2D eigenvalue weighted by atomic mass is 79.9. The Morgan fingerprint density at radius 2 is 1.45 bits per heavy atom. The van der Waals surface area contributed by atoms with Gasteiger partial charge in [-0.15, -0.1) is 0 Å². The largest absolute Gasteiger partial charge is 0.383 e. The highest BCUT2D eigenvalue weighted by molar-refractivity contribution is 9.11. The van der Waals surface area contributed by atoms with E-state index in [1.165, 1.54) is 17.0 Å². The zero-order valence-corrected chi connectivity index (χ0v) is 22.3. The molecule has 7 rings (SSSR count). The van der Waals surface area contributed by atoms with E-state index < -0.39 is 0 Å². The number of nitrogens with one attached hydrogen (secondary N) is 1. The molecular formula is C34H26BrN3. The molecule has 0 fully saturated rings. The van der Waals surface area contributed by atoms with E-state index in [0.717, 1.165) is 44.8 Å². The van der Waals surface area contributed by atoms with E-state index in [1.807, 2.05) is 6.07 Å². The molecule has 3 heterocycles. The summed E-state index contributed by atoms with van der Waals surface area (Å²) in [6.45, 7) is 0.868. The molecule has 1 aliphatic carbocycles. The standard InChI is InChI=1S/C34H26BrN3/c35-27-16-17-29-33(22-27)38(32-15-8-18-36-34(29)32)28-14-7-13-25(19-28)31-21-26(23-9-3-1-4-10-23)20-30(37-31)24-11-5-2-6-12-24/h1-17,19-22,29,33,36H,18H2. The number of allylic oxidation sites excluding steroid dienone is 3. The lowest BCUT2D eigenvalue weighted by Gasteiger charge is -2.30. The maximum atomic E-state index is 5.15. The summed E-state index contributed by atoms with van der Waals surface area (Å²) in [6.07, 6.45) is 11.2. The van der Waals surface area contributed by atoms with Crippen LogP contribution in [0.15, 0.2) is 143 Å². The van der Waals surface area contributed by atoms with Crippen molar-refractivity contribution in [2.24, 2.45) is 5.92 Å². The van der Waals surface area contributed by atoms with Gasteiger partial charge in [0.25, 0.3) is 0 Å². The summed E-state index contributed by atoms with van der Waals surface area (Å²) in [7, 11) is 0. The Labute approximate surface area is 231 Å². The monoisotopic (exact) mass is 555 g/mol. The number of anilines is 1. The second-order valence-corrected chi connectivity index (χ2v) is 10.7. The van der Waals surface area contributed by atoms with Crippen molar-refractivity contribution < 1.29 is 0 Å². The first kappa shape index (κ1) is 23.0. The fraction of sp³-hybridized carbons (Fsp3) is 0.0882. The number of aromatic nitrogens is 1. The SMILES string of the molecule is BrC1=CC2C(C=C1)C1=C(C=CCN1)N2c1cccc(-c2cc(-c3ccccc3)cc(-c3ccccc3)n2)c1. The van der Waals surface area contributed by atoms with Gasteiger partial charge in [-0.05, 0) is 47.5 Å². The highest BCUT2D eigenvalue weighted by Crippen LogP contribution is 2.43. The molecule has 3 nitrogen and oxygen atoms in total. The first-order valence-electron chi connectivity index (χ1n) is 13.0. The van der Waals surface area contributed by atoms with Gasteiger partial charge in [0.05, 0.1) is 23.1 Å². The van der Waals surface area contributed by atoms with Crippen LogP contribution < -0.4 is 10.2 Å². The molecule has 3 aliphatic rings. The number of nitrogens with zero attached hydrogens (tertiary/aromatic N) is 2. The maximum absolute atomic E-state index is 5.15. The topological polar surface area (TPSA) is 28.2 Å². The van der Waals surface area contributed by atoms with Crippen LogP contribution >= 0.6 is 15.9 Å². The predicted octanol–water partition coefficient (Wildman–Crippen LogP) is 8.11. The van der Waals surface area contributed by atoms with Crippen LogP contribution in [0.1, 0.15) is 0 Å². The lowest BCUT2D eigenvalue weighted by atomic mass is 9.93. The third-order valence-electron chi connectivity index (χ3n) is 7.44. The summed E-state index contributed by atoms with van der Waals surface area (Å²) >= 11 is 3.72. The molecule has 1 aromatic heterocycles. The van der Waals surface area contributed by atoms with Crippen molar-refractivity contribution in [3.05, 3.63) is 143 Å². The fourth-order valence-corrected chi connectivity index (χ4v) is 6.10. The highest BCUT2D eigenvalue weighted by Gasteiger charge is 2.40. The summed E-state index contributed by atoms with van der Waals surface area (Å²) in [5, 5.41) is 3.64.